The number of hydrogen-bond donors (Lipinski definition) is 1. The Labute approximate surface area is 178 Å². The van der Waals surface area contributed by atoms with Gasteiger partial charge in [-0.3, -0.25) is 4.72 Å². The molecule has 0 amide bonds. The van der Waals surface area contributed by atoms with E-state index in [9.17, 15) is 21.6 Å². The largest absolute Gasteiger partial charge is 0.417 e. The summed E-state index contributed by atoms with van der Waals surface area (Å²) in [7, 11) is -3.08. The van der Waals surface area contributed by atoms with Crippen LogP contribution >= 0.6 is 23.2 Å². The van der Waals surface area contributed by atoms with Crippen molar-refractivity contribution in [1.29, 1.82) is 0 Å². The summed E-state index contributed by atoms with van der Waals surface area (Å²) >= 11 is 11.4. The summed E-state index contributed by atoms with van der Waals surface area (Å²) < 4.78 is 77.0. The van der Waals surface area contributed by atoms with Gasteiger partial charge in [0.1, 0.15) is 6.61 Å². The summed E-state index contributed by atoms with van der Waals surface area (Å²) in [6.07, 6.45) is -3.63. The monoisotopic (exact) mass is 482 g/mol. The molecule has 3 rings (SSSR count). The predicted molar refractivity (Wildman–Crippen MR) is 101 cm³/mol. The zero-order valence-corrected chi connectivity index (χ0v) is 17.2. The molecule has 2 heterocycles. The number of nitrogens with zero attached hydrogens (tertiary/aromatic N) is 3. The van der Waals surface area contributed by atoms with Crippen molar-refractivity contribution in [2.45, 2.75) is 17.7 Å². The molecule has 0 bridgehead atoms. The smallest absolute Gasteiger partial charge is 0.417 e. The number of benzene rings is 1. The van der Waals surface area contributed by atoms with Crippen LogP contribution in [0.1, 0.15) is 11.5 Å². The number of hydrogen-bond acceptors (Lipinski definition) is 7. The van der Waals surface area contributed by atoms with E-state index in [1.165, 1.54) is 19.4 Å². The molecule has 8 nitrogen and oxygen atoms in total. The fourth-order valence-corrected chi connectivity index (χ4v) is 3.78. The second-order valence-electron chi connectivity index (χ2n) is 5.73. The van der Waals surface area contributed by atoms with E-state index in [1.54, 1.807) is 0 Å². The molecule has 0 aliphatic rings. The van der Waals surface area contributed by atoms with Crippen LogP contribution in [-0.2, 0) is 27.5 Å². The van der Waals surface area contributed by atoms with E-state index < -0.39 is 31.7 Å². The number of ether oxygens (including phenoxy) is 1. The van der Waals surface area contributed by atoms with Crippen molar-refractivity contribution in [3.05, 3.63) is 52.0 Å². The number of pyridine rings is 1. The highest BCUT2D eigenvalue weighted by atomic mass is 35.5. The van der Waals surface area contributed by atoms with Gasteiger partial charge in [0, 0.05) is 13.3 Å². The molecular formula is C16H11Cl2F3N4O4S. The van der Waals surface area contributed by atoms with Crippen LogP contribution in [0.2, 0.25) is 10.0 Å². The molecule has 1 N–H and O–H groups in total. The molecule has 0 spiro atoms. The molecule has 0 saturated heterocycles. The number of halogens is 5. The van der Waals surface area contributed by atoms with Gasteiger partial charge in [0.05, 0.1) is 26.2 Å². The minimum atomic E-state index is -4.84. The Kier molecular flexibility index (Phi) is 6.22. The Morgan fingerprint density at radius 1 is 1.20 bits per heavy atom. The lowest BCUT2D eigenvalue weighted by Crippen LogP contribution is -2.16. The average molecular weight is 483 g/mol. The van der Waals surface area contributed by atoms with Gasteiger partial charge < -0.3 is 9.15 Å². The maximum atomic E-state index is 13.1. The standard InChI is InChI=1S/C16H11Cl2F3N4O4S/c1-28-7-13-23-24-15(29-13)14-12(4-8(17)6-22-14)25-30(26,27)9-2-3-11(18)10(5-9)16(19,20)21/h2-6,25H,7H2,1H3. The van der Waals surface area contributed by atoms with E-state index >= 15 is 0 Å². The molecule has 3 aromatic rings. The number of anilines is 1. The maximum Gasteiger partial charge on any atom is 0.417 e. The van der Waals surface area contributed by atoms with Crippen LogP contribution in [0.4, 0.5) is 18.9 Å². The number of nitrogens with one attached hydrogen (secondary N) is 1. The van der Waals surface area contributed by atoms with Crippen LogP contribution < -0.4 is 4.72 Å². The molecule has 14 heteroatoms. The van der Waals surface area contributed by atoms with E-state index in [0.717, 1.165) is 12.1 Å². The van der Waals surface area contributed by atoms with Gasteiger partial charge in [-0.15, -0.1) is 10.2 Å². The molecule has 0 aliphatic heterocycles. The Morgan fingerprint density at radius 3 is 2.60 bits per heavy atom. The van der Waals surface area contributed by atoms with Crippen LogP contribution in [0.15, 0.2) is 39.8 Å². The second kappa shape index (κ2) is 8.38. The zero-order chi connectivity index (χ0) is 22.1. The van der Waals surface area contributed by atoms with E-state index in [2.05, 4.69) is 19.9 Å². The molecule has 1 aromatic carbocycles. The molecule has 2 aromatic heterocycles. The number of rotatable bonds is 6. The summed E-state index contributed by atoms with van der Waals surface area (Å²) in [5, 5.41) is 6.89. The summed E-state index contributed by atoms with van der Waals surface area (Å²) in [5.74, 6) is -0.0471. The molecule has 0 aliphatic carbocycles. The van der Waals surface area contributed by atoms with Crippen molar-refractivity contribution in [1.82, 2.24) is 15.2 Å². The van der Waals surface area contributed by atoms with Gasteiger partial charge in [0.2, 0.25) is 5.89 Å². The van der Waals surface area contributed by atoms with Crippen LogP contribution in [0, 0.1) is 0 Å². The van der Waals surface area contributed by atoms with Gasteiger partial charge in [0.25, 0.3) is 15.9 Å². The minimum Gasteiger partial charge on any atom is -0.417 e. The minimum absolute atomic E-state index is 0.00659. The third-order valence-electron chi connectivity index (χ3n) is 3.59. The summed E-state index contributed by atoms with van der Waals surface area (Å²) in [6, 6.07) is 3.39. The Morgan fingerprint density at radius 2 is 1.93 bits per heavy atom. The van der Waals surface area contributed by atoms with Gasteiger partial charge in [-0.25, -0.2) is 13.4 Å². The fourth-order valence-electron chi connectivity index (χ4n) is 2.31. The third-order valence-corrected chi connectivity index (χ3v) is 5.49. The molecule has 160 valence electrons. The number of alkyl halides is 3. The van der Waals surface area contributed by atoms with Crippen molar-refractivity contribution < 1.29 is 30.7 Å². The lowest BCUT2D eigenvalue weighted by atomic mass is 10.2. The van der Waals surface area contributed by atoms with Crippen molar-refractivity contribution in [2.24, 2.45) is 0 Å². The molecule has 0 fully saturated rings. The first kappa shape index (κ1) is 22.3. The molecular weight excluding hydrogens is 472 g/mol. The molecule has 0 saturated carbocycles. The first-order valence-electron chi connectivity index (χ1n) is 7.88. The van der Waals surface area contributed by atoms with Gasteiger partial charge >= 0.3 is 6.18 Å². The van der Waals surface area contributed by atoms with Gasteiger partial charge in [0.15, 0.2) is 5.69 Å². The second-order valence-corrected chi connectivity index (χ2v) is 8.25. The predicted octanol–water partition coefficient (Wildman–Crippen LogP) is 4.40. The lowest BCUT2D eigenvalue weighted by Gasteiger charge is -2.13. The van der Waals surface area contributed by atoms with Crippen molar-refractivity contribution in [3.8, 4) is 11.6 Å². The Bertz CT molecular complexity index is 1190. The van der Waals surface area contributed by atoms with E-state index in [0.29, 0.717) is 6.07 Å². The first-order valence-corrected chi connectivity index (χ1v) is 10.1. The molecule has 0 radical (unpaired) electrons. The highest BCUT2D eigenvalue weighted by molar-refractivity contribution is 7.92. The van der Waals surface area contributed by atoms with Gasteiger partial charge in [-0.1, -0.05) is 23.2 Å². The fraction of sp³-hybridized carbons (Fsp3) is 0.188. The quantitative estimate of drug-likeness (QED) is 0.554. The van der Waals surface area contributed by atoms with Gasteiger partial charge in [-0.05, 0) is 24.3 Å². The normalized spacial score (nSPS) is 12.2. The van der Waals surface area contributed by atoms with Crippen LogP contribution in [0.25, 0.3) is 11.6 Å². The van der Waals surface area contributed by atoms with Crippen molar-refractivity contribution in [3.63, 3.8) is 0 Å². The van der Waals surface area contributed by atoms with Crippen molar-refractivity contribution in [2.75, 3.05) is 11.8 Å². The summed E-state index contributed by atoms with van der Waals surface area (Å²) in [5.41, 5.74) is -1.56. The molecule has 0 atom stereocenters. The zero-order valence-electron chi connectivity index (χ0n) is 14.9. The topological polar surface area (TPSA) is 107 Å². The Hall–Kier alpha value is -2.41. The van der Waals surface area contributed by atoms with E-state index in [-0.39, 0.29) is 34.8 Å². The molecule has 30 heavy (non-hydrogen) atoms. The van der Waals surface area contributed by atoms with Crippen molar-refractivity contribution >= 4 is 38.9 Å². The number of methoxy groups -OCH3 is 1. The van der Waals surface area contributed by atoms with E-state index in [4.69, 9.17) is 32.4 Å². The lowest BCUT2D eigenvalue weighted by molar-refractivity contribution is -0.137. The summed E-state index contributed by atoms with van der Waals surface area (Å²) in [4.78, 5) is 3.30. The van der Waals surface area contributed by atoms with Crippen LogP contribution in [-0.4, -0.2) is 30.7 Å². The SMILES string of the molecule is COCc1nnc(-c2ncc(Cl)cc2NS(=O)(=O)c2ccc(Cl)c(C(F)(F)F)c2)o1. The highest BCUT2D eigenvalue weighted by Gasteiger charge is 2.34. The van der Waals surface area contributed by atoms with Crippen LogP contribution in [0.5, 0.6) is 0 Å². The molecule has 0 unspecified atom stereocenters. The highest BCUT2D eigenvalue weighted by Crippen LogP contribution is 2.36. The first-order chi connectivity index (χ1) is 14.0. The van der Waals surface area contributed by atoms with Gasteiger partial charge in [-0.2, -0.15) is 13.2 Å². The average Bonchev–Trinajstić information content (AvgIpc) is 3.09. The number of aromatic nitrogens is 3. The van der Waals surface area contributed by atoms with E-state index in [1.807, 2.05) is 0 Å². The third kappa shape index (κ3) is 4.83. The summed E-state index contributed by atoms with van der Waals surface area (Å²) in [6.45, 7) is 0.00659. The Balaban J connectivity index is 2.02. The number of sulfonamides is 1. The van der Waals surface area contributed by atoms with Crippen LogP contribution in [0.3, 0.4) is 0 Å². The maximum absolute atomic E-state index is 13.1.